The van der Waals surface area contributed by atoms with Gasteiger partial charge in [-0.15, -0.1) is 0 Å². The zero-order chi connectivity index (χ0) is 11.9. The maximum atomic E-state index is 9.01. The lowest BCUT2D eigenvalue weighted by Crippen LogP contribution is -2.15. The van der Waals surface area contributed by atoms with Crippen molar-refractivity contribution in [2.24, 2.45) is 5.92 Å². The molecular formula is C15H22O2. The Morgan fingerprint density at radius 2 is 1.88 bits per heavy atom. The van der Waals surface area contributed by atoms with E-state index in [1.54, 1.807) is 0 Å². The summed E-state index contributed by atoms with van der Waals surface area (Å²) in [5.74, 6) is 1.68. The second kappa shape index (κ2) is 6.65. The van der Waals surface area contributed by atoms with Crippen molar-refractivity contribution in [1.82, 2.24) is 0 Å². The van der Waals surface area contributed by atoms with E-state index in [0.717, 1.165) is 23.8 Å². The van der Waals surface area contributed by atoms with Crippen molar-refractivity contribution in [2.45, 2.75) is 38.5 Å². The molecule has 0 amide bonds. The van der Waals surface area contributed by atoms with Crippen molar-refractivity contribution >= 4 is 0 Å². The van der Waals surface area contributed by atoms with Crippen LogP contribution in [0.25, 0.3) is 0 Å². The van der Waals surface area contributed by atoms with Gasteiger partial charge in [0.2, 0.25) is 0 Å². The fraction of sp³-hybridized carbons (Fsp3) is 0.600. The predicted molar refractivity (Wildman–Crippen MR) is 69.3 cm³/mol. The number of hydrogen-bond donors (Lipinski definition) is 1. The molecule has 1 aromatic rings. The molecule has 0 atom stereocenters. The van der Waals surface area contributed by atoms with E-state index in [4.69, 9.17) is 9.84 Å². The molecule has 2 heteroatoms. The van der Waals surface area contributed by atoms with Gasteiger partial charge in [-0.25, -0.2) is 0 Å². The molecule has 17 heavy (non-hydrogen) atoms. The minimum absolute atomic E-state index is 0.184. The standard InChI is InChI=1S/C15H22O2/c16-11-10-14-8-4-5-9-15(14)17-12-13-6-2-1-3-7-13/h4-5,8-9,13,16H,1-3,6-7,10-12H2. The summed E-state index contributed by atoms with van der Waals surface area (Å²) in [6, 6.07) is 8.04. The first-order valence-corrected chi connectivity index (χ1v) is 6.71. The Hall–Kier alpha value is -1.02. The van der Waals surface area contributed by atoms with Gasteiger partial charge in [-0.1, -0.05) is 37.5 Å². The first-order chi connectivity index (χ1) is 8.40. The third-order valence-electron chi connectivity index (χ3n) is 3.55. The summed E-state index contributed by atoms with van der Waals surface area (Å²) in [6.07, 6.45) is 7.39. The van der Waals surface area contributed by atoms with E-state index in [0.29, 0.717) is 6.42 Å². The molecule has 0 aliphatic heterocycles. The van der Waals surface area contributed by atoms with Crippen molar-refractivity contribution < 1.29 is 9.84 Å². The summed E-state index contributed by atoms with van der Waals surface area (Å²) >= 11 is 0. The van der Waals surface area contributed by atoms with Crippen molar-refractivity contribution in [3.05, 3.63) is 29.8 Å². The lowest BCUT2D eigenvalue weighted by atomic mass is 9.90. The fourth-order valence-electron chi connectivity index (χ4n) is 2.53. The number of aliphatic hydroxyl groups excluding tert-OH is 1. The molecule has 2 nitrogen and oxygen atoms in total. The quantitative estimate of drug-likeness (QED) is 0.848. The van der Waals surface area contributed by atoms with E-state index in [1.807, 2.05) is 24.3 Å². The normalized spacial score (nSPS) is 17.0. The van der Waals surface area contributed by atoms with Gasteiger partial charge in [0.1, 0.15) is 5.75 Å². The highest BCUT2D eigenvalue weighted by molar-refractivity contribution is 5.33. The van der Waals surface area contributed by atoms with Crippen molar-refractivity contribution in [3.63, 3.8) is 0 Å². The minimum Gasteiger partial charge on any atom is -0.493 e. The van der Waals surface area contributed by atoms with Crippen LogP contribution in [0.5, 0.6) is 5.75 Å². The van der Waals surface area contributed by atoms with Crippen LogP contribution in [0.4, 0.5) is 0 Å². The highest BCUT2D eigenvalue weighted by Crippen LogP contribution is 2.25. The van der Waals surface area contributed by atoms with Gasteiger partial charge in [-0.3, -0.25) is 0 Å². The first-order valence-electron chi connectivity index (χ1n) is 6.71. The largest absolute Gasteiger partial charge is 0.493 e. The molecule has 0 saturated heterocycles. The van der Waals surface area contributed by atoms with E-state index in [-0.39, 0.29) is 6.61 Å². The molecule has 0 bridgehead atoms. The summed E-state index contributed by atoms with van der Waals surface area (Å²) in [4.78, 5) is 0. The van der Waals surface area contributed by atoms with E-state index in [1.165, 1.54) is 32.1 Å². The molecule has 1 saturated carbocycles. The smallest absolute Gasteiger partial charge is 0.122 e. The van der Waals surface area contributed by atoms with Crippen LogP contribution in [0.2, 0.25) is 0 Å². The zero-order valence-electron chi connectivity index (χ0n) is 10.4. The Kier molecular flexibility index (Phi) is 4.87. The van der Waals surface area contributed by atoms with Crippen LogP contribution >= 0.6 is 0 Å². The third-order valence-corrected chi connectivity index (χ3v) is 3.55. The van der Waals surface area contributed by atoms with Gasteiger partial charge in [0.15, 0.2) is 0 Å². The number of aliphatic hydroxyl groups is 1. The molecule has 0 radical (unpaired) electrons. The van der Waals surface area contributed by atoms with E-state index >= 15 is 0 Å². The number of ether oxygens (including phenoxy) is 1. The molecule has 1 N–H and O–H groups in total. The van der Waals surface area contributed by atoms with Gasteiger partial charge in [0.05, 0.1) is 6.61 Å². The summed E-state index contributed by atoms with van der Waals surface area (Å²) in [5.41, 5.74) is 1.12. The van der Waals surface area contributed by atoms with Crippen molar-refractivity contribution in [3.8, 4) is 5.75 Å². The minimum atomic E-state index is 0.184. The first kappa shape index (κ1) is 12.4. The van der Waals surface area contributed by atoms with Gasteiger partial charge in [-0.05, 0) is 36.8 Å². The van der Waals surface area contributed by atoms with E-state index in [2.05, 4.69) is 0 Å². The highest BCUT2D eigenvalue weighted by Gasteiger charge is 2.14. The Morgan fingerprint density at radius 3 is 2.65 bits per heavy atom. The summed E-state index contributed by atoms with van der Waals surface area (Å²) in [7, 11) is 0. The van der Waals surface area contributed by atoms with Crippen LogP contribution in [0.3, 0.4) is 0 Å². The summed E-state index contributed by atoms with van der Waals surface area (Å²) in [6.45, 7) is 1.02. The molecular weight excluding hydrogens is 212 g/mol. The van der Waals surface area contributed by atoms with Crippen molar-refractivity contribution in [2.75, 3.05) is 13.2 Å². The molecule has 1 aliphatic carbocycles. The molecule has 1 aromatic carbocycles. The molecule has 2 rings (SSSR count). The summed E-state index contributed by atoms with van der Waals surface area (Å²) < 4.78 is 5.92. The predicted octanol–water partition coefficient (Wildman–Crippen LogP) is 3.18. The monoisotopic (exact) mass is 234 g/mol. The lowest BCUT2D eigenvalue weighted by molar-refractivity contribution is 0.206. The number of hydrogen-bond acceptors (Lipinski definition) is 2. The van der Waals surface area contributed by atoms with Crippen molar-refractivity contribution in [1.29, 1.82) is 0 Å². The van der Waals surface area contributed by atoms with E-state index in [9.17, 15) is 0 Å². The Morgan fingerprint density at radius 1 is 1.12 bits per heavy atom. The third kappa shape index (κ3) is 3.74. The Bertz CT molecular complexity index is 329. The average Bonchev–Trinajstić information content (AvgIpc) is 2.39. The molecule has 0 unspecified atom stereocenters. The van der Waals surface area contributed by atoms with E-state index < -0.39 is 0 Å². The second-order valence-corrected chi connectivity index (χ2v) is 4.90. The maximum Gasteiger partial charge on any atom is 0.122 e. The van der Waals surface area contributed by atoms with Gasteiger partial charge < -0.3 is 9.84 Å². The van der Waals surface area contributed by atoms with Crippen LogP contribution in [-0.2, 0) is 6.42 Å². The van der Waals surface area contributed by atoms with Crippen LogP contribution < -0.4 is 4.74 Å². The molecule has 0 aromatic heterocycles. The topological polar surface area (TPSA) is 29.5 Å². The van der Waals surface area contributed by atoms with Crippen LogP contribution in [0.15, 0.2) is 24.3 Å². The van der Waals surface area contributed by atoms with Gasteiger partial charge >= 0.3 is 0 Å². The van der Waals surface area contributed by atoms with Crippen LogP contribution in [0.1, 0.15) is 37.7 Å². The molecule has 0 heterocycles. The number of benzene rings is 1. The van der Waals surface area contributed by atoms with Gasteiger partial charge in [0.25, 0.3) is 0 Å². The number of para-hydroxylation sites is 1. The van der Waals surface area contributed by atoms with Crippen LogP contribution in [-0.4, -0.2) is 18.3 Å². The van der Waals surface area contributed by atoms with Gasteiger partial charge in [-0.2, -0.15) is 0 Å². The molecule has 94 valence electrons. The molecule has 0 spiro atoms. The highest BCUT2D eigenvalue weighted by atomic mass is 16.5. The second-order valence-electron chi connectivity index (χ2n) is 4.90. The molecule has 1 aliphatic rings. The van der Waals surface area contributed by atoms with Gasteiger partial charge in [0, 0.05) is 6.61 Å². The Labute approximate surface area is 104 Å². The molecule has 1 fully saturated rings. The fourth-order valence-corrected chi connectivity index (χ4v) is 2.53. The Balaban J connectivity index is 1.88. The summed E-state index contributed by atoms with van der Waals surface area (Å²) in [5, 5.41) is 9.01. The average molecular weight is 234 g/mol. The van der Waals surface area contributed by atoms with Crippen LogP contribution in [0, 0.1) is 5.92 Å². The SMILES string of the molecule is OCCc1ccccc1OCC1CCCCC1. The number of rotatable bonds is 5. The zero-order valence-corrected chi connectivity index (χ0v) is 10.4. The lowest BCUT2D eigenvalue weighted by Gasteiger charge is -2.22. The maximum absolute atomic E-state index is 9.01.